The lowest BCUT2D eigenvalue weighted by molar-refractivity contribution is -0.138. The predicted octanol–water partition coefficient (Wildman–Crippen LogP) is 5.17. The van der Waals surface area contributed by atoms with Gasteiger partial charge in [-0.3, -0.25) is 9.59 Å². The van der Waals surface area contributed by atoms with E-state index < -0.39 is 6.04 Å². The topological polar surface area (TPSA) is 49.4 Å². The summed E-state index contributed by atoms with van der Waals surface area (Å²) in [5.74, 6) is 0.638. The summed E-state index contributed by atoms with van der Waals surface area (Å²) in [6.45, 7) is 4.76. The Morgan fingerprint density at radius 1 is 1.14 bits per heavy atom. The Morgan fingerprint density at radius 3 is 2.52 bits per heavy atom. The first-order chi connectivity index (χ1) is 13.9. The largest absolute Gasteiger partial charge is 0.354 e. The van der Waals surface area contributed by atoms with Crippen LogP contribution in [-0.4, -0.2) is 35.1 Å². The maximum Gasteiger partial charge on any atom is 0.242 e. The van der Waals surface area contributed by atoms with Crippen molar-refractivity contribution in [3.63, 3.8) is 0 Å². The number of benzene rings is 2. The van der Waals surface area contributed by atoms with Crippen LogP contribution in [0.3, 0.4) is 0 Å². The van der Waals surface area contributed by atoms with E-state index in [0.717, 1.165) is 17.5 Å². The lowest BCUT2D eigenvalue weighted by Crippen LogP contribution is -2.48. The molecule has 0 saturated carbocycles. The van der Waals surface area contributed by atoms with Gasteiger partial charge in [0.1, 0.15) is 6.04 Å². The van der Waals surface area contributed by atoms with E-state index >= 15 is 0 Å². The van der Waals surface area contributed by atoms with Crippen molar-refractivity contribution in [2.75, 3.05) is 12.3 Å². The summed E-state index contributed by atoms with van der Waals surface area (Å²) in [6.07, 6.45) is 0.850. The summed E-state index contributed by atoms with van der Waals surface area (Å²) in [7, 11) is 0. The van der Waals surface area contributed by atoms with E-state index in [4.69, 9.17) is 23.2 Å². The molecule has 1 unspecified atom stereocenters. The SMILES string of the molecule is CCCNC(=O)C(C)N(Cc1ccccc1)C(=O)CSCc1ccc(Cl)cc1Cl. The van der Waals surface area contributed by atoms with Crippen LogP contribution in [0.4, 0.5) is 0 Å². The average molecular weight is 453 g/mol. The van der Waals surface area contributed by atoms with E-state index in [0.29, 0.717) is 28.9 Å². The van der Waals surface area contributed by atoms with Gasteiger partial charge in [0, 0.05) is 28.9 Å². The van der Waals surface area contributed by atoms with E-state index in [1.807, 2.05) is 43.3 Å². The number of carbonyl (C=O) groups is 2. The van der Waals surface area contributed by atoms with Crippen molar-refractivity contribution in [1.29, 1.82) is 0 Å². The van der Waals surface area contributed by atoms with Gasteiger partial charge in [0.15, 0.2) is 0 Å². The van der Waals surface area contributed by atoms with Gasteiger partial charge in [-0.05, 0) is 36.6 Å². The molecule has 0 saturated heterocycles. The summed E-state index contributed by atoms with van der Waals surface area (Å²) in [5.41, 5.74) is 1.92. The van der Waals surface area contributed by atoms with Gasteiger partial charge < -0.3 is 10.2 Å². The number of nitrogens with one attached hydrogen (secondary N) is 1. The molecule has 0 spiro atoms. The normalized spacial score (nSPS) is 11.7. The zero-order valence-corrected chi connectivity index (χ0v) is 19.0. The molecule has 0 heterocycles. The molecule has 1 N–H and O–H groups in total. The van der Waals surface area contributed by atoms with Crippen molar-refractivity contribution in [3.8, 4) is 0 Å². The zero-order chi connectivity index (χ0) is 21.2. The molecular formula is C22H26Cl2N2O2S. The van der Waals surface area contributed by atoms with Gasteiger partial charge in [-0.25, -0.2) is 0 Å². The van der Waals surface area contributed by atoms with Crippen LogP contribution in [0.25, 0.3) is 0 Å². The molecule has 1 atom stereocenters. The van der Waals surface area contributed by atoms with Crippen LogP contribution >= 0.6 is 35.0 Å². The fraction of sp³-hybridized carbons (Fsp3) is 0.364. The van der Waals surface area contributed by atoms with Crippen LogP contribution in [0.15, 0.2) is 48.5 Å². The van der Waals surface area contributed by atoms with Crippen molar-refractivity contribution in [2.24, 2.45) is 0 Å². The van der Waals surface area contributed by atoms with Crippen LogP contribution in [0.5, 0.6) is 0 Å². The molecule has 2 rings (SSSR count). The van der Waals surface area contributed by atoms with Crippen molar-refractivity contribution in [1.82, 2.24) is 10.2 Å². The Balaban J connectivity index is 2.03. The van der Waals surface area contributed by atoms with Gasteiger partial charge in [-0.1, -0.05) is 66.5 Å². The molecule has 2 amide bonds. The quantitative estimate of drug-likeness (QED) is 0.540. The van der Waals surface area contributed by atoms with E-state index in [-0.39, 0.29) is 17.6 Å². The minimum Gasteiger partial charge on any atom is -0.354 e. The summed E-state index contributed by atoms with van der Waals surface area (Å²) in [6, 6.07) is 14.5. The van der Waals surface area contributed by atoms with Crippen molar-refractivity contribution in [2.45, 2.75) is 38.6 Å². The number of thioether (sulfide) groups is 1. The van der Waals surface area contributed by atoms with E-state index in [1.165, 1.54) is 11.8 Å². The lowest BCUT2D eigenvalue weighted by atomic mass is 10.1. The first-order valence-corrected chi connectivity index (χ1v) is 11.5. The molecule has 0 aromatic heterocycles. The van der Waals surface area contributed by atoms with Crippen molar-refractivity contribution < 1.29 is 9.59 Å². The Bertz CT molecular complexity index is 818. The highest BCUT2D eigenvalue weighted by atomic mass is 35.5. The predicted molar refractivity (Wildman–Crippen MR) is 122 cm³/mol. The summed E-state index contributed by atoms with van der Waals surface area (Å²) < 4.78 is 0. The zero-order valence-electron chi connectivity index (χ0n) is 16.7. The average Bonchev–Trinajstić information content (AvgIpc) is 2.72. The van der Waals surface area contributed by atoms with Gasteiger partial charge in [0.25, 0.3) is 0 Å². The maximum atomic E-state index is 13.0. The first-order valence-electron chi connectivity index (χ1n) is 9.55. The maximum absolute atomic E-state index is 13.0. The summed E-state index contributed by atoms with van der Waals surface area (Å²) in [4.78, 5) is 27.1. The number of hydrogen-bond donors (Lipinski definition) is 1. The Kier molecular flexibility index (Phi) is 9.85. The molecule has 0 aliphatic heterocycles. The van der Waals surface area contributed by atoms with E-state index in [1.54, 1.807) is 24.0 Å². The fourth-order valence-corrected chi connectivity index (χ4v) is 4.20. The van der Waals surface area contributed by atoms with Gasteiger partial charge in [-0.15, -0.1) is 11.8 Å². The number of hydrogen-bond acceptors (Lipinski definition) is 3. The Morgan fingerprint density at radius 2 is 1.86 bits per heavy atom. The monoisotopic (exact) mass is 452 g/mol. The third kappa shape index (κ3) is 7.57. The molecule has 2 aromatic carbocycles. The molecule has 156 valence electrons. The smallest absolute Gasteiger partial charge is 0.242 e. The highest BCUT2D eigenvalue weighted by molar-refractivity contribution is 7.99. The van der Waals surface area contributed by atoms with Crippen LogP contribution < -0.4 is 5.32 Å². The van der Waals surface area contributed by atoms with Crippen LogP contribution in [0.2, 0.25) is 10.0 Å². The van der Waals surface area contributed by atoms with Crippen LogP contribution in [0.1, 0.15) is 31.4 Å². The number of nitrogens with zero attached hydrogens (tertiary/aromatic N) is 1. The molecule has 0 bridgehead atoms. The number of amides is 2. The highest BCUT2D eigenvalue weighted by Crippen LogP contribution is 2.25. The minimum absolute atomic E-state index is 0.0805. The number of carbonyl (C=O) groups excluding carboxylic acids is 2. The minimum atomic E-state index is -0.547. The highest BCUT2D eigenvalue weighted by Gasteiger charge is 2.25. The molecular weight excluding hydrogens is 427 g/mol. The number of halogens is 2. The second-order valence-electron chi connectivity index (χ2n) is 6.70. The molecule has 0 aliphatic rings. The fourth-order valence-electron chi connectivity index (χ4n) is 2.73. The van der Waals surface area contributed by atoms with Gasteiger partial charge in [0.2, 0.25) is 11.8 Å². The van der Waals surface area contributed by atoms with Gasteiger partial charge >= 0.3 is 0 Å². The number of rotatable bonds is 10. The summed E-state index contributed by atoms with van der Waals surface area (Å²) in [5, 5.41) is 4.05. The third-order valence-corrected chi connectivity index (χ3v) is 5.96. The second-order valence-corrected chi connectivity index (χ2v) is 8.53. The van der Waals surface area contributed by atoms with Gasteiger partial charge in [0.05, 0.1) is 5.75 Å². The third-order valence-electron chi connectivity index (χ3n) is 4.41. The first kappa shape index (κ1) is 23.6. The van der Waals surface area contributed by atoms with Crippen molar-refractivity contribution >= 4 is 46.8 Å². The molecule has 0 radical (unpaired) electrons. The summed E-state index contributed by atoms with van der Waals surface area (Å²) >= 11 is 13.6. The Hall–Kier alpha value is -1.69. The lowest BCUT2D eigenvalue weighted by Gasteiger charge is -2.28. The van der Waals surface area contributed by atoms with Crippen molar-refractivity contribution in [3.05, 3.63) is 69.7 Å². The molecule has 4 nitrogen and oxygen atoms in total. The standard InChI is InChI=1S/C22H26Cl2N2O2S/c1-3-11-25-22(28)16(2)26(13-17-7-5-4-6-8-17)21(27)15-29-14-18-9-10-19(23)12-20(18)24/h4-10,12,16H,3,11,13-15H2,1-2H3,(H,25,28). The van der Waals surface area contributed by atoms with Crippen LogP contribution in [-0.2, 0) is 21.9 Å². The Labute approximate surface area is 187 Å². The van der Waals surface area contributed by atoms with E-state index in [9.17, 15) is 9.59 Å². The molecule has 7 heteroatoms. The molecule has 0 aliphatic carbocycles. The van der Waals surface area contributed by atoms with Crippen LogP contribution in [0, 0.1) is 0 Å². The molecule has 0 fully saturated rings. The second kappa shape index (κ2) is 12.1. The van der Waals surface area contributed by atoms with E-state index in [2.05, 4.69) is 5.32 Å². The molecule has 29 heavy (non-hydrogen) atoms. The molecule has 2 aromatic rings. The van der Waals surface area contributed by atoms with Gasteiger partial charge in [-0.2, -0.15) is 0 Å².